The number of rotatable bonds is 2. The van der Waals surface area contributed by atoms with E-state index in [1.165, 1.54) is 42.6 Å². The van der Waals surface area contributed by atoms with E-state index in [0.29, 0.717) is 11.8 Å². The molecule has 0 saturated heterocycles. The van der Waals surface area contributed by atoms with Crippen LogP contribution >= 0.6 is 0 Å². The normalized spacial score (nSPS) is 26.6. The third-order valence-corrected chi connectivity index (χ3v) is 4.83. The molecule has 1 saturated carbocycles. The summed E-state index contributed by atoms with van der Waals surface area (Å²) in [5.41, 5.74) is 3.98. The summed E-state index contributed by atoms with van der Waals surface area (Å²) in [5, 5.41) is 3.46. The molecule has 1 fully saturated rings. The van der Waals surface area contributed by atoms with Crippen LogP contribution in [-0.2, 0) is 13.0 Å². The first kappa shape index (κ1) is 14.0. The van der Waals surface area contributed by atoms with E-state index in [9.17, 15) is 0 Å². The van der Waals surface area contributed by atoms with Crippen molar-refractivity contribution in [2.45, 2.75) is 71.3 Å². The van der Waals surface area contributed by atoms with Crippen molar-refractivity contribution in [2.24, 2.45) is 5.92 Å². The smallest absolute Gasteiger partial charge is 0.131 e. The van der Waals surface area contributed by atoms with Gasteiger partial charge in [0.15, 0.2) is 0 Å². The molecule has 2 heterocycles. The minimum atomic E-state index is 0.492. The predicted molar refractivity (Wildman–Crippen MR) is 81.9 cm³/mol. The first-order valence-electron chi connectivity index (χ1n) is 8.25. The van der Waals surface area contributed by atoms with Crippen LogP contribution in [0.1, 0.15) is 81.1 Å². The average Bonchev–Trinajstić information content (AvgIpc) is 2.46. The molecule has 20 heavy (non-hydrogen) atoms. The molecule has 1 aromatic heterocycles. The van der Waals surface area contributed by atoms with Crippen molar-refractivity contribution in [1.29, 1.82) is 0 Å². The molecular formula is C17H27N3. The lowest BCUT2D eigenvalue weighted by Gasteiger charge is -2.28. The van der Waals surface area contributed by atoms with E-state index >= 15 is 0 Å². The first-order chi connectivity index (χ1) is 9.65. The number of aromatic nitrogens is 2. The van der Waals surface area contributed by atoms with Gasteiger partial charge in [-0.1, -0.05) is 33.6 Å². The van der Waals surface area contributed by atoms with Gasteiger partial charge in [0.05, 0.1) is 11.4 Å². The van der Waals surface area contributed by atoms with Gasteiger partial charge in [-0.25, -0.2) is 9.97 Å². The Labute approximate surface area is 122 Å². The molecule has 2 unspecified atom stereocenters. The molecule has 2 aliphatic rings. The summed E-state index contributed by atoms with van der Waals surface area (Å²) in [4.78, 5) is 9.96. The van der Waals surface area contributed by atoms with Crippen molar-refractivity contribution in [3.63, 3.8) is 0 Å². The maximum Gasteiger partial charge on any atom is 0.131 e. The second-order valence-corrected chi connectivity index (χ2v) is 6.94. The van der Waals surface area contributed by atoms with Gasteiger partial charge in [-0.15, -0.1) is 0 Å². The Morgan fingerprint density at radius 3 is 2.80 bits per heavy atom. The average molecular weight is 273 g/mol. The second-order valence-electron chi connectivity index (χ2n) is 6.94. The van der Waals surface area contributed by atoms with Crippen LogP contribution in [0, 0.1) is 5.92 Å². The van der Waals surface area contributed by atoms with Crippen LogP contribution in [-0.4, -0.2) is 16.5 Å². The van der Waals surface area contributed by atoms with Gasteiger partial charge >= 0.3 is 0 Å². The third-order valence-electron chi connectivity index (χ3n) is 4.83. The largest absolute Gasteiger partial charge is 0.312 e. The quantitative estimate of drug-likeness (QED) is 0.895. The van der Waals surface area contributed by atoms with Gasteiger partial charge in [-0.2, -0.15) is 0 Å². The van der Waals surface area contributed by atoms with Crippen LogP contribution < -0.4 is 5.32 Å². The molecule has 1 aliphatic heterocycles. The van der Waals surface area contributed by atoms with Crippen LogP contribution in [0.25, 0.3) is 0 Å². The van der Waals surface area contributed by atoms with Gasteiger partial charge in [-0.3, -0.25) is 0 Å². The SMILES string of the molecule is CC1CCCC(c2nc3c(c(C(C)C)n2)CNCC3)C1. The number of fused-ring (bicyclic) bond motifs is 1. The fraction of sp³-hybridized carbons (Fsp3) is 0.765. The summed E-state index contributed by atoms with van der Waals surface area (Å²) in [6, 6.07) is 0. The summed E-state index contributed by atoms with van der Waals surface area (Å²) >= 11 is 0. The number of hydrogen-bond donors (Lipinski definition) is 1. The van der Waals surface area contributed by atoms with Gasteiger partial charge < -0.3 is 5.32 Å². The molecule has 1 aromatic rings. The fourth-order valence-electron chi connectivity index (χ4n) is 3.72. The van der Waals surface area contributed by atoms with Crippen LogP contribution in [0.15, 0.2) is 0 Å². The lowest BCUT2D eigenvalue weighted by atomic mass is 9.81. The van der Waals surface area contributed by atoms with Gasteiger partial charge in [0.1, 0.15) is 5.82 Å². The minimum absolute atomic E-state index is 0.492. The highest BCUT2D eigenvalue weighted by atomic mass is 15.0. The second kappa shape index (κ2) is 5.80. The Kier molecular flexibility index (Phi) is 4.06. The highest BCUT2D eigenvalue weighted by molar-refractivity contribution is 5.31. The number of nitrogens with one attached hydrogen (secondary N) is 1. The Morgan fingerprint density at radius 2 is 2.05 bits per heavy atom. The van der Waals surface area contributed by atoms with Crippen LogP contribution in [0.2, 0.25) is 0 Å². The van der Waals surface area contributed by atoms with Crippen LogP contribution in [0.4, 0.5) is 0 Å². The lowest BCUT2D eigenvalue weighted by molar-refractivity contribution is 0.333. The fourth-order valence-corrected chi connectivity index (χ4v) is 3.72. The minimum Gasteiger partial charge on any atom is -0.312 e. The highest BCUT2D eigenvalue weighted by Crippen LogP contribution is 2.35. The summed E-state index contributed by atoms with van der Waals surface area (Å²) < 4.78 is 0. The number of nitrogens with zero attached hydrogens (tertiary/aromatic N) is 2. The van der Waals surface area contributed by atoms with E-state index in [1.54, 1.807) is 0 Å². The molecule has 0 spiro atoms. The Balaban J connectivity index is 1.97. The molecule has 0 bridgehead atoms. The molecule has 110 valence electrons. The highest BCUT2D eigenvalue weighted by Gasteiger charge is 2.26. The van der Waals surface area contributed by atoms with Crippen molar-refractivity contribution in [3.05, 3.63) is 22.8 Å². The van der Waals surface area contributed by atoms with Crippen molar-refractivity contribution in [1.82, 2.24) is 15.3 Å². The maximum atomic E-state index is 4.99. The zero-order chi connectivity index (χ0) is 14.1. The van der Waals surface area contributed by atoms with Crippen molar-refractivity contribution in [2.75, 3.05) is 6.54 Å². The molecule has 3 heteroatoms. The van der Waals surface area contributed by atoms with E-state index in [0.717, 1.165) is 31.3 Å². The molecule has 0 radical (unpaired) electrons. The molecule has 0 amide bonds. The Hall–Kier alpha value is -0.960. The molecule has 1 aliphatic carbocycles. The topological polar surface area (TPSA) is 37.8 Å². The van der Waals surface area contributed by atoms with Crippen LogP contribution in [0.3, 0.4) is 0 Å². The van der Waals surface area contributed by atoms with E-state index in [1.807, 2.05) is 0 Å². The zero-order valence-corrected chi connectivity index (χ0v) is 13.1. The zero-order valence-electron chi connectivity index (χ0n) is 13.1. The van der Waals surface area contributed by atoms with Gasteiger partial charge in [0.2, 0.25) is 0 Å². The third kappa shape index (κ3) is 2.73. The lowest BCUT2D eigenvalue weighted by Crippen LogP contribution is -2.28. The first-order valence-corrected chi connectivity index (χ1v) is 8.25. The number of hydrogen-bond acceptors (Lipinski definition) is 3. The summed E-state index contributed by atoms with van der Waals surface area (Å²) in [7, 11) is 0. The maximum absolute atomic E-state index is 4.99. The summed E-state index contributed by atoms with van der Waals surface area (Å²) in [6.07, 6.45) is 6.33. The van der Waals surface area contributed by atoms with E-state index in [2.05, 4.69) is 26.1 Å². The van der Waals surface area contributed by atoms with E-state index in [4.69, 9.17) is 9.97 Å². The molecule has 0 aromatic carbocycles. The van der Waals surface area contributed by atoms with E-state index < -0.39 is 0 Å². The molecule has 2 atom stereocenters. The predicted octanol–water partition coefficient (Wildman–Crippen LogP) is 3.54. The monoisotopic (exact) mass is 273 g/mol. The summed E-state index contributed by atoms with van der Waals surface area (Å²) in [5.74, 6) is 3.06. The Bertz CT molecular complexity index is 481. The molecular weight excluding hydrogens is 246 g/mol. The van der Waals surface area contributed by atoms with Crippen molar-refractivity contribution in [3.8, 4) is 0 Å². The molecule has 3 rings (SSSR count). The van der Waals surface area contributed by atoms with Crippen molar-refractivity contribution >= 4 is 0 Å². The van der Waals surface area contributed by atoms with Gasteiger partial charge in [0.25, 0.3) is 0 Å². The van der Waals surface area contributed by atoms with Crippen molar-refractivity contribution < 1.29 is 0 Å². The molecule has 3 nitrogen and oxygen atoms in total. The van der Waals surface area contributed by atoms with Gasteiger partial charge in [-0.05, 0) is 24.7 Å². The van der Waals surface area contributed by atoms with Crippen LogP contribution in [0.5, 0.6) is 0 Å². The summed E-state index contributed by atoms with van der Waals surface area (Å²) in [6.45, 7) is 8.89. The molecule has 1 N–H and O–H groups in total. The van der Waals surface area contributed by atoms with Gasteiger partial charge in [0, 0.05) is 31.0 Å². The van der Waals surface area contributed by atoms with E-state index in [-0.39, 0.29) is 0 Å². The Morgan fingerprint density at radius 1 is 1.20 bits per heavy atom. The standard InChI is InChI=1S/C17H27N3/c1-11(2)16-14-10-18-8-7-15(14)19-17(20-16)13-6-4-5-12(3)9-13/h11-13,18H,4-10H2,1-3H3.